The van der Waals surface area contributed by atoms with Gasteiger partial charge in [0.05, 0.1) is 0 Å². The summed E-state index contributed by atoms with van der Waals surface area (Å²) in [5.41, 5.74) is 0. The lowest BCUT2D eigenvalue weighted by molar-refractivity contribution is -0.167. The lowest BCUT2D eigenvalue weighted by atomic mass is 9.99. The van der Waals surface area contributed by atoms with Gasteiger partial charge in [-0.15, -0.1) is 0 Å². The van der Waals surface area contributed by atoms with Crippen LogP contribution in [0.3, 0.4) is 0 Å². The van der Waals surface area contributed by atoms with Crippen molar-refractivity contribution in [3.63, 3.8) is 0 Å². The summed E-state index contributed by atoms with van der Waals surface area (Å²) >= 11 is 0. The molecule has 0 bridgehead atoms. The fraction of sp³-hybridized carbons (Fsp3) is 0.950. The van der Waals surface area contributed by atoms with Gasteiger partial charge in [-0.1, -0.05) is 298 Å². The van der Waals surface area contributed by atoms with Gasteiger partial charge in [-0.05, 0) is 31.1 Å². The first-order valence-corrected chi connectivity index (χ1v) is 29.8. The maximum absolute atomic E-state index is 12.8. The number of rotatable bonds is 54. The van der Waals surface area contributed by atoms with E-state index in [2.05, 4.69) is 34.6 Å². The molecular formula is C60H116O6. The van der Waals surface area contributed by atoms with Crippen LogP contribution in [0.5, 0.6) is 0 Å². The van der Waals surface area contributed by atoms with E-state index < -0.39 is 6.10 Å². The number of carbonyl (C=O) groups excluding carboxylic acids is 3. The zero-order chi connectivity index (χ0) is 48.2. The van der Waals surface area contributed by atoms with Crippen molar-refractivity contribution in [3.05, 3.63) is 0 Å². The molecule has 0 amide bonds. The molecule has 0 aliphatic rings. The minimum absolute atomic E-state index is 0.0629. The van der Waals surface area contributed by atoms with E-state index in [0.29, 0.717) is 19.3 Å². The van der Waals surface area contributed by atoms with E-state index in [1.807, 2.05) is 0 Å². The minimum Gasteiger partial charge on any atom is -0.462 e. The smallest absolute Gasteiger partial charge is 0.306 e. The normalized spacial score (nSPS) is 12.5. The van der Waals surface area contributed by atoms with Gasteiger partial charge in [0.15, 0.2) is 6.10 Å². The molecule has 66 heavy (non-hydrogen) atoms. The van der Waals surface area contributed by atoms with E-state index in [-0.39, 0.29) is 31.1 Å². The number of carbonyl (C=O) groups is 3. The molecule has 0 saturated carbocycles. The fourth-order valence-electron chi connectivity index (χ4n) is 9.20. The van der Waals surface area contributed by atoms with Crippen LogP contribution in [0.2, 0.25) is 0 Å². The third-order valence-corrected chi connectivity index (χ3v) is 14.1. The quantitative estimate of drug-likeness (QED) is 0.0343. The fourth-order valence-corrected chi connectivity index (χ4v) is 9.20. The van der Waals surface area contributed by atoms with Gasteiger partial charge in [-0.2, -0.15) is 0 Å². The molecule has 392 valence electrons. The molecule has 0 aromatic carbocycles. The number of unbranched alkanes of at least 4 members (excludes halogenated alkanes) is 38. The molecule has 6 heteroatoms. The molecule has 0 N–H and O–H groups in total. The lowest BCUT2D eigenvalue weighted by Gasteiger charge is -2.18. The van der Waals surface area contributed by atoms with Crippen LogP contribution in [0.4, 0.5) is 0 Å². The first-order chi connectivity index (χ1) is 32.3. The molecule has 0 rings (SSSR count). The first kappa shape index (κ1) is 64.4. The first-order valence-electron chi connectivity index (χ1n) is 29.8. The maximum Gasteiger partial charge on any atom is 0.306 e. The van der Waals surface area contributed by atoms with Crippen molar-refractivity contribution in [2.24, 2.45) is 11.8 Å². The second-order valence-corrected chi connectivity index (χ2v) is 21.4. The van der Waals surface area contributed by atoms with Gasteiger partial charge in [0.2, 0.25) is 0 Å². The molecule has 0 aromatic heterocycles. The molecule has 0 heterocycles. The van der Waals surface area contributed by atoms with Crippen LogP contribution in [-0.4, -0.2) is 37.2 Å². The number of hydrogen-bond acceptors (Lipinski definition) is 6. The highest BCUT2D eigenvalue weighted by Gasteiger charge is 2.19. The predicted octanol–water partition coefficient (Wildman–Crippen LogP) is 19.7. The molecule has 0 radical (unpaired) electrons. The number of hydrogen-bond donors (Lipinski definition) is 0. The SMILES string of the molecule is CCCCCCCCCCCCCCCCCC(=O)O[C@@H](COC(=O)CCCCCCCCCCCCCCCCCCCCC(C)CC)COC(=O)CCCCCCCCCCC(C)C. The van der Waals surface area contributed by atoms with Crippen LogP contribution in [0.1, 0.15) is 336 Å². The van der Waals surface area contributed by atoms with Crippen molar-refractivity contribution >= 4 is 17.9 Å². The molecular weight excluding hydrogens is 817 g/mol. The van der Waals surface area contributed by atoms with Gasteiger partial charge in [0.1, 0.15) is 13.2 Å². The van der Waals surface area contributed by atoms with Crippen molar-refractivity contribution in [2.75, 3.05) is 13.2 Å². The Kier molecular flexibility index (Phi) is 51.5. The highest BCUT2D eigenvalue weighted by molar-refractivity contribution is 5.71. The Morgan fingerprint density at radius 2 is 0.576 bits per heavy atom. The van der Waals surface area contributed by atoms with Crippen LogP contribution in [0, 0.1) is 11.8 Å². The average Bonchev–Trinajstić information content (AvgIpc) is 3.30. The van der Waals surface area contributed by atoms with Gasteiger partial charge < -0.3 is 14.2 Å². The Morgan fingerprint density at radius 3 is 0.864 bits per heavy atom. The summed E-state index contributed by atoms with van der Waals surface area (Å²) in [4.78, 5) is 38.1. The molecule has 0 aromatic rings. The molecule has 0 fully saturated rings. The lowest BCUT2D eigenvalue weighted by Crippen LogP contribution is -2.30. The van der Waals surface area contributed by atoms with E-state index in [4.69, 9.17) is 14.2 Å². The number of ether oxygens (including phenoxy) is 3. The summed E-state index contributed by atoms with van der Waals surface area (Å²) in [5, 5.41) is 0. The molecule has 0 saturated heterocycles. The molecule has 6 nitrogen and oxygen atoms in total. The average molecular weight is 934 g/mol. The van der Waals surface area contributed by atoms with Crippen LogP contribution in [-0.2, 0) is 28.6 Å². The third-order valence-electron chi connectivity index (χ3n) is 14.1. The Morgan fingerprint density at radius 1 is 0.318 bits per heavy atom. The van der Waals surface area contributed by atoms with E-state index in [9.17, 15) is 14.4 Å². The second-order valence-electron chi connectivity index (χ2n) is 21.4. The van der Waals surface area contributed by atoms with E-state index in [0.717, 1.165) is 69.6 Å². The van der Waals surface area contributed by atoms with E-state index >= 15 is 0 Å². The monoisotopic (exact) mass is 933 g/mol. The van der Waals surface area contributed by atoms with Crippen LogP contribution < -0.4 is 0 Å². The highest BCUT2D eigenvalue weighted by Crippen LogP contribution is 2.19. The largest absolute Gasteiger partial charge is 0.462 e. The van der Waals surface area contributed by atoms with Crippen molar-refractivity contribution in [1.29, 1.82) is 0 Å². The summed E-state index contributed by atoms with van der Waals surface area (Å²) in [6, 6.07) is 0. The number of esters is 3. The van der Waals surface area contributed by atoms with Crippen LogP contribution >= 0.6 is 0 Å². The van der Waals surface area contributed by atoms with Gasteiger partial charge >= 0.3 is 17.9 Å². The molecule has 0 aliphatic heterocycles. The maximum atomic E-state index is 12.8. The minimum atomic E-state index is -0.763. The molecule has 2 atom stereocenters. The highest BCUT2D eigenvalue weighted by atomic mass is 16.6. The Labute approximate surface area is 412 Å². The topological polar surface area (TPSA) is 78.9 Å². The van der Waals surface area contributed by atoms with Gasteiger partial charge in [-0.25, -0.2) is 0 Å². The molecule has 0 spiro atoms. The standard InChI is InChI=1S/C60H116O6/c1-6-8-9-10-11-12-13-14-19-24-27-30-37-42-47-52-60(63)66-57(54-65-59(62)51-46-41-36-32-31-33-38-43-48-55(3)4)53-64-58(61)50-45-40-35-29-26-23-21-18-16-15-17-20-22-25-28-34-39-44-49-56(5)7-2/h55-57H,6-54H2,1-5H3/t56?,57-/m0/s1. The van der Waals surface area contributed by atoms with Crippen molar-refractivity contribution < 1.29 is 28.6 Å². The molecule has 1 unspecified atom stereocenters. The Bertz CT molecular complexity index is 1010. The van der Waals surface area contributed by atoms with Crippen LogP contribution in [0.25, 0.3) is 0 Å². The van der Waals surface area contributed by atoms with Gasteiger partial charge in [0, 0.05) is 19.3 Å². The van der Waals surface area contributed by atoms with Gasteiger partial charge in [0.25, 0.3) is 0 Å². The van der Waals surface area contributed by atoms with Crippen LogP contribution in [0.15, 0.2) is 0 Å². The van der Waals surface area contributed by atoms with Crippen molar-refractivity contribution in [2.45, 2.75) is 343 Å². The summed E-state index contributed by atoms with van der Waals surface area (Å²) < 4.78 is 16.9. The Hall–Kier alpha value is -1.59. The summed E-state index contributed by atoms with van der Waals surface area (Å²) in [5.74, 6) is 0.866. The third kappa shape index (κ3) is 51.8. The predicted molar refractivity (Wildman–Crippen MR) is 284 cm³/mol. The zero-order valence-electron chi connectivity index (χ0n) is 45.3. The summed E-state index contributed by atoms with van der Waals surface area (Å²) in [6.07, 6.45) is 56.7. The van der Waals surface area contributed by atoms with E-state index in [1.54, 1.807) is 0 Å². The summed E-state index contributed by atoms with van der Waals surface area (Å²) in [6.45, 7) is 11.4. The Balaban J connectivity index is 4.21. The van der Waals surface area contributed by atoms with E-state index in [1.165, 1.54) is 225 Å². The summed E-state index contributed by atoms with van der Waals surface area (Å²) in [7, 11) is 0. The second kappa shape index (κ2) is 52.8. The molecule has 0 aliphatic carbocycles. The van der Waals surface area contributed by atoms with Crippen molar-refractivity contribution in [1.82, 2.24) is 0 Å². The van der Waals surface area contributed by atoms with Crippen molar-refractivity contribution in [3.8, 4) is 0 Å². The van der Waals surface area contributed by atoms with Gasteiger partial charge in [-0.3, -0.25) is 14.4 Å². The zero-order valence-corrected chi connectivity index (χ0v) is 45.3.